The molecule has 0 fully saturated rings. The van der Waals surface area contributed by atoms with Gasteiger partial charge in [0.05, 0.1) is 17.5 Å². The van der Waals surface area contributed by atoms with E-state index in [0.29, 0.717) is 16.9 Å². The molecule has 0 bridgehead atoms. The van der Waals surface area contributed by atoms with Crippen molar-refractivity contribution in [2.24, 2.45) is 0 Å². The van der Waals surface area contributed by atoms with Crippen LogP contribution < -0.4 is 4.74 Å². The normalized spacial score (nSPS) is 17.2. The Labute approximate surface area is 115 Å². The van der Waals surface area contributed by atoms with Crippen LogP contribution in [0.1, 0.15) is 38.8 Å². The number of fused-ring (bicyclic) bond motifs is 1. The first kappa shape index (κ1) is 12.4. The highest BCUT2D eigenvalue weighted by Crippen LogP contribution is 2.35. The molecule has 0 aliphatic carbocycles. The Bertz CT molecular complexity index is 690. The number of hydrogen-bond acceptors (Lipinski definition) is 3. The maximum atomic E-state index is 12.1. The van der Waals surface area contributed by atoms with Crippen molar-refractivity contribution in [1.29, 1.82) is 0 Å². The second-order valence-corrected chi connectivity index (χ2v) is 4.62. The van der Waals surface area contributed by atoms with Gasteiger partial charge >= 0.3 is 5.97 Å². The van der Waals surface area contributed by atoms with E-state index in [2.05, 4.69) is 0 Å². The number of Topliss-reactive ketones (excluding diaryl/α,β-unsaturated/α-hetero) is 1. The van der Waals surface area contributed by atoms with Gasteiger partial charge in [-0.2, -0.15) is 0 Å². The molecule has 4 nitrogen and oxygen atoms in total. The Balaban J connectivity index is 2.02. The van der Waals surface area contributed by atoms with Crippen LogP contribution in [0.2, 0.25) is 0 Å². The van der Waals surface area contributed by atoms with Crippen molar-refractivity contribution in [3.8, 4) is 5.75 Å². The van der Waals surface area contributed by atoms with Crippen molar-refractivity contribution in [3.05, 3.63) is 65.2 Å². The molecule has 2 aromatic carbocycles. The Kier molecular flexibility index (Phi) is 2.99. The van der Waals surface area contributed by atoms with Crippen LogP contribution in [0.4, 0.5) is 0 Å². The predicted octanol–water partition coefficient (Wildman–Crippen LogP) is 3.09. The van der Waals surface area contributed by atoms with E-state index in [1.165, 1.54) is 6.07 Å². The van der Waals surface area contributed by atoms with Gasteiger partial charge in [-0.1, -0.05) is 30.3 Å². The molecule has 0 saturated heterocycles. The number of aromatic carboxylic acids is 1. The average Bonchev–Trinajstić information content (AvgIpc) is 2.47. The van der Waals surface area contributed by atoms with E-state index in [-0.39, 0.29) is 17.8 Å². The van der Waals surface area contributed by atoms with Crippen LogP contribution in [-0.2, 0) is 0 Å². The van der Waals surface area contributed by atoms with Crippen molar-refractivity contribution in [2.75, 3.05) is 0 Å². The standard InChI is InChI=1S/C16H12O4/c17-13-9-15(20-14-8-4-3-7-12(13)14)10-5-1-2-6-11(10)16(18)19/h1-8,15H,9H2,(H,18,19). The molecule has 1 atom stereocenters. The van der Waals surface area contributed by atoms with Crippen molar-refractivity contribution in [3.63, 3.8) is 0 Å². The van der Waals surface area contributed by atoms with Gasteiger partial charge in [-0.25, -0.2) is 4.79 Å². The topological polar surface area (TPSA) is 63.6 Å². The van der Waals surface area contributed by atoms with Gasteiger partial charge in [0.1, 0.15) is 11.9 Å². The fourth-order valence-electron chi connectivity index (χ4n) is 2.42. The summed E-state index contributed by atoms with van der Waals surface area (Å²) in [6, 6.07) is 13.6. The lowest BCUT2D eigenvalue weighted by Gasteiger charge is -2.26. The fraction of sp³-hybridized carbons (Fsp3) is 0.125. The molecule has 0 aromatic heterocycles. The number of carbonyl (C=O) groups is 2. The average molecular weight is 268 g/mol. The summed E-state index contributed by atoms with van der Waals surface area (Å²) in [5, 5.41) is 9.22. The third-order valence-electron chi connectivity index (χ3n) is 3.37. The Morgan fingerprint density at radius 1 is 1.10 bits per heavy atom. The van der Waals surface area contributed by atoms with Crippen LogP contribution in [0.15, 0.2) is 48.5 Å². The highest BCUT2D eigenvalue weighted by atomic mass is 16.5. The predicted molar refractivity (Wildman–Crippen MR) is 72.2 cm³/mol. The van der Waals surface area contributed by atoms with Crippen molar-refractivity contribution >= 4 is 11.8 Å². The van der Waals surface area contributed by atoms with Crippen molar-refractivity contribution in [1.82, 2.24) is 0 Å². The smallest absolute Gasteiger partial charge is 0.336 e. The molecule has 1 unspecified atom stereocenters. The molecule has 1 N–H and O–H groups in total. The third kappa shape index (κ3) is 2.05. The quantitative estimate of drug-likeness (QED) is 0.909. The minimum Gasteiger partial charge on any atom is -0.484 e. The number of rotatable bonds is 2. The molecular weight excluding hydrogens is 256 g/mol. The lowest BCUT2D eigenvalue weighted by Crippen LogP contribution is -2.22. The summed E-state index contributed by atoms with van der Waals surface area (Å²) in [5.41, 5.74) is 1.25. The largest absolute Gasteiger partial charge is 0.484 e. The first-order chi connectivity index (χ1) is 9.66. The van der Waals surface area contributed by atoms with Gasteiger partial charge in [-0.15, -0.1) is 0 Å². The summed E-state index contributed by atoms with van der Waals surface area (Å²) >= 11 is 0. The monoisotopic (exact) mass is 268 g/mol. The summed E-state index contributed by atoms with van der Waals surface area (Å²) in [4.78, 5) is 23.4. The van der Waals surface area contributed by atoms with Gasteiger partial charge < -0.3 is 9.84 Å². The molecule has 0 radical (unpaired) electrons. The van der Waals surface area contributed by atoms with Gasteiger partial charge in [0.25, 0.3) is 0 Å². The second kappa shape index (κ2) is 4.81. The molecule has 1 aliphatic heterocycles. The van der Waals surface area contributed by atoms with Crippen LogP contribution in [0.5, 0.6) is 5.75 Å². The Morgan fingerprint density at radius 2 is 1.80 bits per heavy atom. The summed E-state index contributed by atoms with van der Waals surface area (Å²) in [5.74, 6) is -0.540. The molecule has 100 valence electrons. The molecule has 0 spiro atoms. The molecular formula is C16H12O4. The molecule has 3 rings (SSSR count). The number of ether oxygens (including phenoxy) is 1. The number of carboxylic acids is 1. The SMILES string of the molecule is O=C1CC(c2ccccc2C(=O)O)Oc2ccccc21. The zero-order valence-electron chi connectivity index (χ0n) is 10.6. The van der Waals surface area contributed by atoms with Gasteiger partial charge in [0, 0.05) is 5.56 Å². The zero-order chi connectivity index (χ0) is 14.1. The first-order valence-corrected chi connectivity index (χ1v) is 6.28. The Hall–Kier alpha value is -2.62. The van der Waals surface area contributed by atoms with E-state index in [0.717, 1.165) is 0 Å². The number of benzene rings is 2. The van der Waals surface area contributed by atoms with E-state index in [9.17, 15) is 14.7 Å². The van der Waals surface area contributed by atoms with Crippen molar-refractivity contribution in [2.45, 2.75) is 12.5 Å². The lowest BCUT2D eigenvalue weighted by atomic mass is 9.93. The summed E-state index contributed by atoms with van der Waals surface area (Å²) in [7, 11) is 0. The number of carboxylic acid groups (broad SMARTS) is 1. The maximum absolute atomic E-state index is 12.1. The summed E-state index contributed by atoms with van der Waals surface area (Å²) in [6.45, 7) is 0. The Morgan fingerprint density at radius 3 is 2.60 bits per heavy atom. The highest BCUT2D eigenvalue weighted by molar-refractivity contribution is 6.00. The van der Waals surface area contributed by atoms with Gasteiger partial charge in [-0.3, -0.25) is 4.79 Å². The van der Waals surface area contributed by atoms with Gasteiger partial charge in [0.2, 0.25) is 0 Å². The number of ketones is 1. The molecule has 1 aliphatic rings. The molecule has 1 heterocycles. The minimum absolute atomic E-state index is 0.0305. The zero-order valence-corrected chi connectivity index (χ0v) is 10.6. The molecule has 2 aromatic rings. The van der Waals surface area contributed by atoms with E-state index in [1.54, 1.807) is 42.5 Å². The van der Waals surface area contributed by atoms with E-state index >= 15 is 0 Å². The fourth-order valence-corrected chi connectivity index (χ4v) is 2.42. The number of carbonyl (C=O) groups excluding carboxylic acids is 1. The number of para-hydroxylation sites is 1. The van der Waals surface area contributed by atoms with Gasteiger partial charge in [0.15, 0.2) is 5.78 Å². The first-order valence-electron chi connectivity index (χ1n) is 6.28. The van der Waals surface area contributed by atoms with Gasteiger partial charge in [-0.05, 0) is 18.2 Å². The summed E-state index contributed by atoms with van der Waals surface area (Å²) in [6.07, 6.45) is -0.397. The van der Waals surface area contributed by atoms with Crippen LogP contribution in [0, 0.1) is 0 Å². The van der Waals surface area contributed by atoms with Crippen LogP contribution in [0.25, 0.3) is 0 Å². The van der Waals surface area contributed by atoms with E-state index in [4.69, 9.17) is 4.74 Å². The molecule has 20 heavy (non-hydrogen) atoms. The maximum Gasteiger partial charge on any atom is 0.336 e. The number of hydrogen-bond donors (Lipinski definition) is 1. The second-order valence-electron chi connectivity index (χ2n) is 4.62. The van der Waals surface area contributed by atoms with Crippen molar-refractivity contribution < 1.29 is 19.4 Å². The molecule has 0 saturated carbocycles. The lowest BCUT2D eigenvalue weighted by molar-refractivity contribution is 0.0682. The van der Waals surface area contributed by atoms with Crippen LogP contribution in [0.3, 0.4) is 0 Å². The molecule has 0 amide bonds. The highest BCUT2D eigenvalue weighted by Gasteiger charge is 2.29. The third-order valence-corrected chi connectivity index (χ3v) is 3.37. The van der Waals surface area contributed by atoms with E-state index < -0.39 is 12.1 Å². The molecule has 4 heteroatoms. The summed E-state index contributed by atoms with van der Waals surface area (Å²) < 4.78 is 5.80. The van der Waals surface area contributed by atoms with E-state index in [1.807, 2.05) is 0 Å². The van der Waals surface area contributed by atoms with Crippen LogP contribution in [-0.4, -0.2) is 16.9 Å². The minimum atomic E-state index is -1.02. The van der Waals surface area contributed by atoms with Crippen LogP contribution >= 0.6 is 0 Å².